The van der Waals surface area contributed by atoms with E-state index in [4.69, 9.17) is 4.74 Å². The Morgan fingerprint density at radius 3 is 3.20 bits per heavy atom. The van der Waals surface area contributed by atoms with Crippen LogP contribution in [0.5, 0.6) is 0 Å². The van der Waals surface area contributed by atoms with Gasteiger partial charge in [-0.3, -0.25) is 0 Å². The molecule has 0 aromatic heterocycles. The van der Waals surface area contributed by atoms with Gasteiger partial charge >= 0.3 is 0 Å². The van der Waals surface area contributed by atoms with Crippen LogP contribution in [0.2, 0.25) is 0 Å². The average Bonchev–Trinajstić information content (AvgIpc) is 2.41. The van der Waals surface area contributed by atoms with E-state index in [1.165, 1.54) is 0 Å². The average molecular weight is 134 g/mol. The molecule has 0 unspecified atom stereocenters. The molecule has 52 valence electrons. The summed E-state index contributed by atoms with van der Waals surface area (Å²) in [6.07, 6.45) is 7.56. The Morgan fingerprint density at radius 2 is 2.60 bits per heavy atom. The summed E-state index contributed by atoms with van der Waals surface area (Å²) in [7, 11) is 0. The van der Waals surface area contributed by atoms with Gasteiger partial charge in [0.2, 0.25) is 0 Å². The normalized spacial score (nSPS) is 13.8. The molecule has 0 saturated heterocycles. The highest BCUT2D eigenvalue weighted by molar-refractivity contribution is 5.29. The summed E-state index contributed by atoms with van der Waals surface area (Å²) in [5, 5.41) is 0. The van der Waals surface area contributed by atoms with Gasteiger partial charge in [0.25, 0.3) is 0 Å². The van der Waals surface area contributed by atoms with Gasteiger partial charge in [-0.1, -0.05) is 12.2 Å². The van der Waals surface area contributed by atoms with Gasteiger partial charge in [-0.15, -0.1) is 12.3 Å². The minimum Gasteiger partial charge on any atom is -0.372 e. The van der Waals surface area contributed by atoms with E-state index in [2.05, 4.69) is 12.3 Å². The fourth-order valence-corrected chi connectivity index (χ4v) is 0.710. The third-order valence-corrected chi connectivity index (χ3v) is 1.16. The van der Waals surface area contributed by atoms with Gasteiger partial charge in [0.05, 0.1) is 13.2 Å². The van der Waals surface area contributed by atoms with E-state index < -0.39 is 0 Å². The number of ether oxygens (including phenoxy) is 1. The van der Waals surface area contributed by atoms with Crippen LogP contribution < -0.4 is 0 Å². The second kappa shape index (κ2) is 3.89. The molecular weight excluding hydrogens is 124 g/mol. The summed E-state index contributed by atoms with van der Waals surface area (Å²) < 4.78 is 5.18. The lowest BCUT2D eigenvalue weighted by Gasteiger charge is -1.96. The molecule has 0 aliphatic heterocycles. The summed E-state index contributed by atoms with van der Waals surface area (Å²) in [4.78, 5) is 0. The maximum Gasteiger partial charge on any atom is 0.0793 e. The Balaban J connectivity index is 2.20. The summed E-state index contributed by atoms with van der Waals surface area (Å²) in [6, 6.07) is 0. The van der Waals surface area contributed by atoms with E-state index in [0.29, 0.717) is 13.2 Å². The lowest BCUT2D eigenvalue weighted by molar-refractivity contribution is 0.189. The largest absolute Gasteiger partial charge is 0.372 e. The molecule has 1 aliphatic rings. The summed E-state index contributed by atoms with van der Waals surface area (Å²) in [5.74, 6) is 0. The first-order valence-corrected chi connectivity index (χ1v) is 3.24. The highest BCUT2D eigenvalue weighted by Gasteiger charge is 1.91. The molecule has 0 amide bonds. The molecule has 10 heavy (non-hydrogen) atoms. The van der Waals surface area contributed by atoms with Crippen molar-refractivity contribution in [1.82, 2.24) is 0 Å². The lowest BCUT2D eigenvalue weighted by Crippen LogP contribution is -1.94. The second-order valence-electron chi connectivity index (χ2n) is 2.00. The first kappa shape index (κ1) is 7.07. The second-order valence-corrected chi connectivity index (χ2v) is 2.00. The Kier molecular flexibility index (Phi) is 2.75. The quantitative estimate of drug-likeness (QED) is 0.324. The van der Waals surface area contributed by atoms with Gasteiger partial charge in [0, 0.05) is 5.57 Å². The van der Waals surface area contributed by atoms with Crippen LogP contribution in [-0.4, -0.2) is 13.2 Å². The van der Waals surface area contributed by atoms with Crippen molar-refractivity contribution in [3.05, 3.63) is 42.2 Å². The van der Waals surface area contributed by atoms with Crippen molar-refractivity contribution in [1.29, 1.82) is 0 Å². The Labute approximate surface area is 61.0 Å². The van der Waals surface area contributed by atoms with Crippen LogP contribution in [0, 0.1) is 0 Å². The first-order chi connectivity index (χ1) is 4.93. The van der Waals surface area contributed by atoms with Crippen LogP contribution in [0.1, 0.15) is 0 Å². The van der Waals surface area contributed by atoms with Crippen LogP contribution in [0.3, 0.4) is 0 Å². The van der Waals surface area contributed by atoms with Crippen molar-refractivity contribution in [2.75, 3.05) is 13.2 Å². The molecule has 0 aromatic rings. The van der Waals surface area contributed by atoms with Gasteiger partial charge < -0.3 is 4.74 Å². The molecule has 1 nitrogen and oxygen atoms in total. The van der Waals surface area contributed by atoms with Crippen LogP contribution >= 0.6 is 0 Å². The Bertz CT molecular complexity index is 205. The molecule has 1 aliphatic carbocycles. The van der Waals surface area contributed by atoms with Gasteiger partial charge in [0.15, 0.2) is 0 Å². The molecule has 0 aromatic carbocycles. The molecule has 0 bridgehead atoms. The predicted octanol–water partition coefficient (Wildman–Crippen LogP) is 1.84. The molecular formula is C9H10O. The summed E-state index contributed by atoms with van der Waals surface area (Å²) >= 11 is 0. The van der Waals surface area contributed by atoms with E-state index >= 15 is 0 Å². The Hall–Kier alpha value is -1.04. The zero-order valence-electron chi connectivity index (χ0n) is 5.84. The van der Waals surface area contributed by atoms with E-state index in [9.17, 15) is 0 Å². The third-order valence-electron chi connectivity index (χ3n) is 1.16. The molecule has 0 N–H and O–H groups in total. The van der Waals surface area contributed by atoms with Gasteiger partial charge in [-0.05, 0) is 12.2 Å². The maximum absolute atomic E-state index is 5.18. The van der Waals surface area contributed by atoms with Crippen molar-refractivity contribution in [2.45, 2.75) is 0 Å². The standard InChI is InChI=1S/C9H10O/c1-2-7-10-8-9-5-3-4-6-9/h2-5H,1,7-8H2. The van der Waals surface area contributed by atoms with Gasteiger partial charge in [0.1, 0.15) is 0 Å². The highest BCUT2D eigenvalue weighted by Crippen LogP contribution is 2.01. The molecule has 1 rings (SSSR count). The Morgan fingerprint density at radius 1 is 1.70 bits per heavy atom. The number of rotatable bonds is 4. The molecule has 0 fully saturated rings. The van der Waals surface area contributed by atoms with E-state index in [0.717, 1.165) is 5.57 Å². The van der Waals surface area contributed by atoms with E-state index in [1.807, 2.05) is 18.2 Å². The number of allylic oxidation sites excluding steroid dienone is 1. The van der Waals surface area contributed by atoms with Crippen LogP contribution in [0.15, 0.2) is 42.2 Å². The van der Waals surface area contributed by atoms with Crippen LogP contribution in [0.4, 0.5) is 0 Å². The van der Waals surface area contributed by atoms with Crippen molar-refractivity contribution in [3.8, 4) is 0 Å². The van der Waals surface area contributed by atoms with Crippen molar-refractivity contribution in [2.24, 2.45) is 0 Å². The zero-order valence-corrected chi connectivity index (χ0v) is 5.84. The van der Waals surface area contributed by atoms with E-state index in [1.54, 1.807) is 6.08 Å². The monoisotopic (exact) mass is 134 g/mol. The number of hydrogen-bond acceptors (Lipinski definition) is 1. The number of hydrogen-bond donors (Lipinski definition) is 0. The molecule has 0 spiro atoms. The minimum atomic E-state index is 0.610. The molecule has 0 atom stereocenters. The summed E-state index contributed by atoms with van der Waals surface area (Å²) in [5.41, 5.74) is 4.14. The SMILES string of the molecule is C=CCOCC1=C=CC=C1. The van der Waals surface area contributed by atoms with Crippen LogP contribution in [-0.2, 0) is 4.74 Å². The molecule has 1 heteroatoms. The van der Waals surface area contributed by atoms with Gasteiger partial charge in [-0.2, -0.15) is 0 Å². The topological polar surface area (TPSA) is 9.23 Å². The fourth-order valence-electron chi connectivity index (χ4n) is 0.710. The van der Waals surface area contributed by atoms with E-state index in [-0.39, 0.29) is 0 Å². The van der Waals surface area contributed by atoms with Crippen molar-refractivity contribution < 1.29 is 4.74 Å². The smallest absolute Gasteiger partial charge is 0.0793 e. The minimum absolute atomic E-state index is 0.610. The van der Waals surface area contributed by atoms with Crippen LogP contribution in [0.25, 0.3) is 0 Å². The zero-order chi connectivity index (χ0) is 7.23. The lowest BCUT2D eigenvalue weighted by atomic mass is 10.3. The van der Waals surface area contributed by atoms with Gasteiger partial charge in [-0.25, -0.2) is 0 Å². The highest BCUT2D eigenvalue weighted by atomic mass is 16.5. The van der Waals surface area contributed by atoms with Crippen molar-refractivity contribution in [3.63, 3.8) is 0 Å². The summed E-state index contributed by atoms with van der Waals surface area (Å²) in [6.45, 7) is 4.79. The first-order valence-electron chi connectivity index (χ1n) is 3.24. The molecule has 0 heterocycles. The molecule has 0 saturated carbocycles. The third kappa shape index (κ3) is 2.06. The maximum atomic E-state index is 5.18. The molecule has 0 radical (unpaired) electrons. The predicted molar refractivity (Wildman–Crippen MR) is 41.8 cm³/mol. The fraction of sp³-hybridized carbons (Fsp3) is 0.222. The van der Waals surface area contributed by atoms with Crippen molar-refractivity contribution >= 4 is 0 Å².